The van der Waals surface area contributed by atoms with Crippen LogP contribution < -0.4 is 8.85 Å². The highest BCUT2D eigenvalue weighted by Gasteiger charge is 2.45. The highest BCUT2D eigenvalue weighted by Crippen LogP contribution is 2.49. The number of rotatable bonds is 5. The van der Waals surface area contributed by atoms with Crippen LogP contribution in [-0.2, 0) is 9.53 Å². The molecule has 1 spiro atoms. The quantitative estimate of drug-likeness (QED) is 0.308. The van der Waals surface area contributed by atoms with Crippen LogP contribution in [0.4, 0.5) is 0 Å². The Hall–Kier alpha value is -1.28. The molecule has 0 unspecified atom stereocenters. The van der Waals surface area contributed by atoms with Crippen molar-refractivity contribution in [3.63, 3.8) is 0 Å². The van der Waals surface area contributed by atoms with E-state index in [1.807, 2.05) is 0 Å². The van der Waals surface area contributed by atoms with Gasteiger partial charge in [-0.2, -0.15) is 0 Å². The van der Waals surface area contributed by atoms with E-state index in [-0.39, 0.29) is 21.6 Å². The molecular weight excluding hydrogens is 444 g/mol. The number of carbonyl (C=O) groups excluding carboxylic acids is 1. The van der Waals surface area contributed by atoms with E-state index >= 15 is 0 Å². The Kier molecular flexibility index (Phi) is 6.98. The smallest absolute Gasteiger partial charge is 0.306 e. The maximum Gasteiger partial charge on any atom is 0.306 e. The minimum Gasteiger partial charge on any atom is -0.543 e. The third-order valence-electron chi connectivity index (χ3n) is 8.79. The van der Waals surface area contributed by atoms with E-state index in [1.54, 1.807) is 0 Å². The Balaban J connectivity index is 1.90. The summed E-state index contributed by atoms with van der Waals surface area (Å²) >= 11 is 0. The molecule has 2 fully saturated rings. The first-order valence-corrected chi connectivity index (χ1v) is 18.5. The van der Waals surface area contributed by atoms with Crippen molar-refractivity contribution < 1.29 is 18.4 Å². The van der Waals surface area contributed by atoms with Gasteiger partial charge >= 0.3 is 5.97 Å². The largest absolute Gasteiger partial charge is 0.543 e. The second-order valence-corrected chi connectivity index (χ2v) is 22.8. The molecule has 0 N–H and O–H groups in total. The summed E-state index contributed by atoms with van der Waals surface area (Å²) in [7, 11) is -3.96. The molecule has 1 aromatic rings. The lowest BCUT2D eigenvalue weighted by Gasteiger charge is -2.40. The molecule has 1 saturated carbocycles. The molecule has 1 saturated heterocycles. The monoisotopic (exact) mass is 490 g/mol. The molecule has 0 aromatic heterocycles. The third-order valence-corrected chi connectivity index (χ3v) is 17.5. The second kappa shape index (κ2) is 8.74. The first-order valence-electron chi connectivity index (χ1n) is 12.7. The topological polar surface area (TPSA) is 44.8 Å². The number of ether oxygens (including phenoxy) is 1. The van der Waals surface area contributed by atoms with Crippen molar-refractivity contribution in [2.24, 2.45) is 0 Å². The molecule has 6 heteroatoms. The molecule has 0 bridgehead atoms. The number of benzene rings is 1. The van der Waals surface area contributed by atoms with Gasteiger partial charge in [0.15, 0.2) is 0 Å². The Morgan fingerprint density at radius 3 is 1.91 bits per heavy atom. The minimum absolute atomic E-state index is 0.0254. The normalized spacial score (nSPS) is 24.7. The van der Waals surface area contributed by atoms with E-state index in [4.69, 9.17) is 13.6 Å². The molecule has 33 heavy (non-hydrogen) atoms. The van der Waals surface area contributed by atoms with Crippen molar-refractivity contribution in [1.29, 1.82) is 0 Å². The van der Waals surface area contributed by atoms with Gasteiger partial charge in [-0.1, -0.05) is 47.6 Å². The number of carbonyl (C=O) groups is 1. The average Bonchev–Trinajstić information content (AvgIpc) is 3.01. The molecule has 1 heterocycles. The predicted molar refractivity (Wildman–Crippen MR) is 141 cm³/mol. The first kappa shape index (κ1) is 26.3. The molecule has 2 aliphatic rings. The van der Waals surface area contributed by atoms with Crippen LogP contribution in [0.1, 0.15) is 91.5 Å². The molecule has 186 valence electrons. The summed E-state index contributed by atoms with van der Waals surface area (Å²) in [4.78, 5) is 11.7. The maximum atomic E-state index is 11.7. The van der Waals surface area contributed by atoms with Gasteiger partial charge in [-0.15, -0.1) is 0 Å². The lowest BCUT2D eigenvalue weighted by Crippen LogP contribution is -2.44. The van der Waals surface area contributed by atoms with Gasteiger partial charge in [0.05, 0.1) is 0 Å². The van der Waals surface area contributed by atoms with Gasteiger partial charge in [0.1, 0.15) is 17.1 Å². The van der Waals surface area contributed by atoms with Crippen LogP contribution in [0.3, 0.4) is 0 Å². The first-order chi connectivity index (χ1) is 14.9. The van der Waals surface area contributed by atoms with E-state index in [2.05, 4.69) is 85.9 Å². The van der Waals surface area contributed by atoms with Gasteiger partial charge in [0.25, 0.3) is 0 Å². The highest BCUT2D eigenvalue weighted by molar-refractivity contribution is 6.75. The highest BCUT2D eigenvalue weighted by atomic mass is 28.4. The van der Waals surface area contributed by atoms with E-state index < -0.39 is 16.6 Å². The second-order valence-electron chi connectivity index (χ2n) is 13.4. The van der Waals surface area contributed by atoms with E-state index in [0.717, 1.165) is 43.6 Å². The van der Waals surface area contributed by atoms with Gasteiger partial charge in [0.2, 0.25) is 16.6 Å². The number of hydrogen-bond acceptors (Lipinski definition) is 4. The van der Waals surface area contributed by atoms with Gasteiger partial charge in [-0.05, 0) is 85.9 Å². The lowest BCUT2D eigenvalue weighted by atomic mass is 9.75. The van der Waals surface area contributed by atoms with E-state index in [9.17, 15) is 4.79 Å². The van der Waals surface area contributed by atoms with Gasteiger partial charge < -0.3 is 13.6 Å². The summed E-state index contributed by atoms with van der Waals surface area (Å²) in [5, 5.41) is 0.262. The molecule has 1 aromatic carbocycles. The predicted octanol–water partition coefficient (Wildman–Crippen LogP) is 8.19. The molecule has 1 aliphatic carbocycles. The molecule has 3 rings (SSSR count). The summed E-state index contributed by atoms with van der Waals surface area (Å²) < 4.78 is 19.3. The lowest BCUT2D eigenvalue weighted by molar-refractivity contribution is -0.150. The fraction of sp³-hybridized carbons (Fsp3) is 0.741. The van der Waals surface area contributed by atoms with Crippen LogP contribution in [0.5, 0.6) is 11.5 Å². The summed E-state index contributed by atoms with van der Waals surface area (Å²) in [6.07, 6.45) is 5.42. The number of hydrogen-bond donors (Lipinski definition) is 0. The number of esters is 1. The SMILES string of the molecule is CC(C)(C)[Si](C)(C)Oc1ccc(C2CCC3(CCC(=O)O3)CC2)c(O[Si](C)(C)C(C)(C)C)c1. The summed E-state index contributed by atoms with van der Waals surface area (Å²) in [6, 6.07) is 6.55. The summed E-state index contributed by atoms with van der Waals surface area (Å²) in [5.41, 5.74) is 1.08. The molecule has 0 radical (unpaired) electrons. The summed E-state index contributed by atoms with van der Waals surface area (Å²) in [5.74, 6) is 2.33. The van der Waals surface area contributed by atoms with Gasteiger partial charge in [-0.3, -0.25) is 4.79 Å². The Morgan fingerprint density at radius 2 is 1.42 bits per heavy atom. The maximum absolute atomic E-state index is 11.7. The van der Waals surface area contributed by atoms with Crippen molar-refractivity contribution in [3.05, 3.63) is 23.8 Å². The molecule has 1 aliphatic heterocycles. The van der Waals surface area contributed by atoms with Gasteiger partial charge in [-0.25, -0.2) is 0 Å². The fourth-order valence-corrected chi connectivity index (χ4v) is 6.42. The van der Waals surface area contributed by atoms with E-state index in [1.165, 1.54) is 5.56 Å². The molecule has 0 amide bonds. The molecule has 0 atom stereocenters. The zero-order valence-electron chi connectivity index (χ0n) is 22.7. The zero-order valence-corrected chi connectivity index (χ0v) is 24.7. The Bertz CT molecular complexity index is 869. The van der Waals surface area contributed by atoms with Crippen LogP contribution in [0.15, 0.2) is 18.2 Å². The summed E-state index contributed by atoms with van der Waals surface area (Å²) in [6.45, 7) is 22.9. The Labute approximate surface area is 204 Å². The molecule has 4 nitrogen and oxygen atoms in total. The van der Waals surface area contributed by atoms with Crippen LogP contribution >= 0.6 is 0 Å². The fourth-order valence-electron chi connectivity index (χ4n) is 4.36. The minimum atomic E-state index is -2.01. The van der Waals surface area contributed by atoms with Crippen molar-refractivity contribution >= 4 is 22.6 Å². The van der Waals surface area contributed by atoms with Crippen molar-refractivity contribution in [3.8, 4) is 11.5 Å². The van der Waals surface area contributed by atoms with Crippen molar-refractivity contribution in [2.75, 3.05) is 0 Å². The standard InChI is InChI=1S/C27H46O4Si2/c1-25(2,3)32(7,8)30-21-11-12-22(23(19-21)31-33(9,10)26(4,5)6)20-13-16-27(17-14-20)18-15-24(28)29-27/h11-12,19-20H,13-18H2,1-10H3. The average molecular weight is 491 g/mol. The van der Waals surface area contributed by atoms with E-state index in [0.29, 0.717) is 12.3 Å². The van der Waals surface area contributed by atoms with Crippen LogP contribution in [0.2, 0.25) is 36.3 Å². The van der Waals surface area contributed by atoms with Gasteiger partial charge in [0, 0.05) is 12.5 Å². The third kappa shape index (κ3) is 5.69. The van der Waals surface area contributed by atoms with Crippen molar-refractivity contribution in [2.45, 2.75) is 128 Å². The van der Waals surface area contributed by atoms with Crippen LogP contribution in [0, 0.1) is 0 Å². The molecular formula is C27H46O4Si2. The van der Waals surface area contributed by atoms with Crippen LogP contribution in [0.25, 0.3) is 0 Å². The zero-order chi connectivity index (χ0) is 24.9. The van der Waals surface area contributed by atoms with Crippen molar-refractivity contribution in [1.82, 2.24) is 0 Å². The van der Waals surface area contributed by atoms with Crippen LogP contribution in [-0.4, -0.2) is 28.2 Å². The Morgan fingerprint density at radius 1 is 0.879 bits per heavy atom.